The second-order valence-corrected chi connectivity index (χ2v) is 8.42. The average Bonchev–Trinajstić information content (AvgIpc) is 3.33. The zero-order chi connectivity index (χ0) is 25.0. The summed E-state index contributed by atoms with van der Waals surface area (Å²) in [7, 11) is 0. The fourth-order valence-corrected chi connectivity index (χ4v) is 3.86. The zero-order valence-electron chi connectivity index (χ0n) is 18.1. The molecule has 4 rings (SSSR count). The number of nitrogens with one attached hydrogen (secondary N) is 2. The van der Waals surface area contributed by atoms with Gasteiger partial charge in [-0.3, -0.25) is 14.6 Å². The maximum atomic E-state index is 13.1. The Balaban J connectivity index is 1.38. The van der Waals surface area contributed by atoms with E-state index in [-0.39, 0.29) is 28.4 Å². The number of aryl methyl sites for hydroxylation is 1. The van der Waals surface area contributed by atoms with E-state index in [9.17, 15) is 22.8 Å². The van der Waals surface area contributed by atoms with Gasteiger partial charge in [-0.15, -0.1) is 11.3 Å². The molecular weight excluding hydrogens is 481 g/mol. The van der Waals surface area contributed by atoms with Crippen LogP contribution in [-0.4, -0.2) is 31.8 Å². The molecule has 0 atom stereocenters. The van der Waals surface area contributed by atoms with Crippen molar-refractivity contribution in [2.75, 3.05) is 5.32 Å². The van der Waals surface area contributed by atoms with Gasteiger partial charge in [-0.05, 0) is 42.8 Å². The number of amides is 2. The van der Waals surface area contributed by atoms with Crippen LogP contribution >= 0.6 is 11.3 Å². The lowest BCUT2D eigenvalue weighted by Gasteiger charge is -2.12. The number of nitrogens with zero attached hydrogens (tertiary/aromatic N) is 4. The average molecular weight is 498 g/mol. The smallest absolute Gasteiger partial charge is 0.344 e. The lowest BCUT2D eigenvalue weighted by Crippen LogP contribution is -2.23. The third-order valence-electron chi connectivity index (χ3n) is 4.85. The highest BCUT2D eigenvalue weighted by molar-refractivity contribution is 7.13. The van der Waals surface area contributed by atoms with E-state index in [4.69, 9.17) is 0 Å². The van der Waals surface area contributed by atoms with Crippen molar-refractivity contribution in [3.8, 4) is 11.3 Å². The summed E-state index contributed by atoms with van der Waals surface area (Å²) in [5.74, 6) is -1.06. The van der Waals surface area contributed by atoms with Crippen LogP contribution in [0.25, 0.3) is 11.3 Å². The number of anilines is 1. The quantitative estimate of drug-likeness (QED) is 0.405. The van der Waals surface area contributed by atoms with Gasteiger partial charge < -0.3 is 10.6 Å². The zero-order valence-corrected chi connectivity index (χ0v) is 18.9. The number of rotatable bonds is 6. The van der Waals surface area contributed by atoms with Gasteiger partial charge in [0.2, 0.25) is 0 Å². The minimum absolute atomic E-state index is 0.0185. The summed E-state index contributed by atoms with van der Waals surface area (Å²) in [6, 6.07) is 8.63. The highest BCUT2D eigenvalue weighted by Crippen LogP contribution is 2.33. The number of hydrogen-bond acceptors (Lipinski definition) is 7. The van der Waals surface area contributed by atoms with E-state index < -0.39 is 23.6 Å². The molecular formula is C23H17F3N6O2S. The topological polar surface area (TPSA) is 110 Å². The van der Waals surface area contributed by atoms with Gasteiger partial charge in [0.25, 0.3) is 11.8 Å². The number of carbonyl (C=O) groups is 2. The molecule has 0 aliphatic heterocycles. The highest BCUT2D eigenvalue weighted by Gasteiger charge is 2.32. The molecule has 3 heterocycles. The Morgan fingerprint density at radius 1 is 1.00 bits per heavy atom. The molecule has 0 aliphatic carbocycles. The predicted octanol–water partition coefficient (Wildman–Crippen LogP) is 4.50. The van der Waals surface area contributed by atoms with Gasteiger partial charge in [-0.2, -0.15) is 13.2 Å². The Morgan fingerprint density at radius 3 is 2.51 bits per heavy atom. The van der Waals surface area contributed by atoms with Crippen molar-refractivity contribution in [3.63, 3.8) is 0 Å². The lowest BCUT2D eigenvalue weighted by molar-refractivity contribution is -0.138. The molecule has 0 bridgehead atoms. The molecule has 0 radical (unpaired) electrons. The first-order chi connectivity index (χ1) is 16.7. The van der Waals surface area contributed by atoms with E-state index >= 15 is 0 Å². The van der Waals surface area contributed by atoms with Crippen LogP contribution in [0.3, 0.4) is 0 Å². The number of alkyl halides is 3. The number of aromatic nitrogens is 4. The largest absolute Gasteiger partial charge is 0.416 e. The molecule has 8 nitrogen and oxygen atoms in total. The fraction of sp³-hybridized carbons (Fsp3) is 0.130. The Hall–Kier alpha value is -4.19. The van der Waals surface area contributed by atoms with Crippen molar-refractivity contribution in [2.45, 2.75) is 19.6 Å². The van der Waals surface area contributed by atoms with Gasteiger partial charge in [-0.25, -0.2) is 15.0 Å². The van der Waals surface area contributed by atoms with Gasteiger partial charge in [0, 0.05) is 23.6 Å². The number of benzene rings is 1. The Labute approximate surface area is 201 Å². The molecule has 2 amide bonds. The normalized spacial score (nSPS) is 11.2. The van der Waals surface area contributed by atoms with E-state index in [0.717, 1.165) is 23.0 Å². The summed E-state index contributed by atoms with van der Waals surface area (Å²) in [4.78, 5) is 41.4. The van der Waals surface area contributed by atoms with E-state index in [1.165, 1.54) is 31.6 Å². The van der Waals surface area contributed by atoms with Gasteiger partial charge in [0.1, 0.15) is 21.9 Å². The van der Waals surface area contributed by atoms with Crippen molar-refractivity contribution in [1.82, 2.24) is 25.3 Å². The second kappa shape index (κ2) is 9.97. The molecule has 0 aliphatic rings. The number of thiazole rings is 1. The summed E-state index contributed by atoms with van der Waals surface area (Å²) >= 11 is 1.01. The maximum absolute atomic E-state index is 13.1. The molecule has 4 aromatic rings. The van der Waals surface area contributed by atoms with E-state index in [1.54, 1.807) is 30.6 Å². The van der Waals surface area contributed by atoms with E-state index in [0.29, 0.717) is 10.7 Å². The maximum Gasteiger partial charge on any atom is 0.416 e. The second-order valence-electron chi connectivity index (χ2n) is 7.31. The van der Waals surface area contributed by atoms with Crippen molar-refractivity contribution >= 4 is 28.8 Å². The number of pyridine rings is 1. The molecule has 3 aromatic heterocycles. The fourth-order valence-electron chi connectivity index (χ4n) is 3.10. The molecule has 12 heteroatoms. The van der Waals surface area contributed by atoms with Crippen LogP contribution in [0.5, 0.6) is 0 Å². The van der Waals surface area contributed by atoms with Crippen molar-refractivity contribution in [2.24, 2.45) is 0 Å². The number of hydrogen-bond donors (Lipinski definition) is 2. The molecule has 2 N–H and O–H groups in total. The number of carbonyl (C=O) groups excluding carboxylic acids is 2. The van der Waals surface area contributed by atoms with Crippen molar-refractivity contribution in [1.29, 1.82) is 0 Å². The third-order valence-corrected chi connectivity index (χ3v) is 5.85. The van der Waals surface area contributed by atoms with Crippen LogP contribution in [0.4, 0.5) is 18.9 Å². The van der Waals surface area contributed by atoms with Gasteiger partial charge in [0.05, 0.1) is 24.0 Å². The summed E-state index contributed by atoms with van der Waals surface area (Å²) in [5.41, 5.74) is 0.752. The monoisotopic (exact) mass is 498 g/mol. The Morgan fingerprint density at radius 2 is 1.77 bits per heavy atom. The summed E-state index contributed by atoms with van der Waals surface area (Å²) in [6.07, 6.45) is 1.28. The molecule has 178 valence electrons. The van der Waals surface area contributed by atoms with Crippen LogP contribution in [0, 0.1) is 6.92 Å². The summed E-state index contributed by atoms with van der Waals surface area (Å²) in [6.45, 7) is 1.38. The van der Waals surface area contributed by atoms with E-state index in [1.807, 2.05) is 0 Å². The van der Waals surface area contributed by atoms with E-state index in [2.05, 4.69) is 30.6 Å². The first-order valence-electron chi connectivity index (χ1n) is 10.2. The van der Waals surface area contributed by atoms with Crippen LogP contribution in [0.1, 0.15) is 36.3 Å². The lowest BCUT2D eigenvalue weighted by atomic mass is 10.1. The highest BCUT2D eigenvalue weighted by atomic mass is 32.1. The minimum atomic E-state index is -4.52. The molecule has 0 unspecified atom stereocenters. The Bertz CT molecular complexity index is 1380. The minimum Gasteiger partial charge on any atom is -0.344 e. The molecule has 0 spiro atoms. The van der Waals surface area contributed by atoms with Crippen molar-refractivity contribution in [3.05, 3.63) is 88.0 Å². The van der Waals surface area contributed by atoms with Crippen LogP contribution < -0.4 is 10.6 Å². The molecule has 0 saturated heterocycles. The third kappa shape index (κ3) is 5.84. The summed E-state index contributed by atoms with van der Waals surface area (Å²) < 4.78 is 39.3. The Kier molecular flexibility index (Phi) is 6.82. The molecule has 0 fully saturated rings. The summed E-state index contributed by atoms with van der Waals surface area (Å²) in [5, 5.41) is 5.56. The molecule has 0 saturated carbocycles. The van der Waals surface area contributed by atoms with Crippen LogP contribution in [-0.2, 0) is 12.7 Å². The molecule has 35 heavy (non-hydrogen) atoms. The van der Waals surface area contributed by atoms with Gasteiger partial charge in [0.15, 0.2) is 0 Å². The van der Waals surface area contributed by atoms with Crippen LogP contribution in [0.2, 0.25) is 0 Å². The first-order valence-corrected chi connectivity index (χ1v) is 11.0. The first kappa shape index (κ1) is 24.0. The van der Waals surface area contributed by atoms with Crippen molar-refractivity contribution < 1.29 is 22.8 Å². The predicted molar refractivity (Wildman–Crippen MR) is 123 cm³/mol. The standard InChI is InChI=1S/C23H17F3N6O2S/c1-13-2-3-15(8-16(13)23(24,25)26)32-22(34)19-10-28-20(35-19)11-29-21(33)18-9-17(30-12-31-18)14-4-6-27-7-5-14/h2-10,12H,11H2,1H3,(H,29,33)(H,32,34). The molecule has 1 aromatic carbocycles. The van der Waals surface area contributed by atoms with Crippen LogP contribution in [0.15, 0.2) is 61.3 Å². The number of halogens is 3. The van der Waals surface area contributed by atoms with Gasteiger partial charge in [-0.1, -0.05) is 6.07 Å². The van der Waals surface area contributed by atoms with Gasteiger partial charge >= 0.3 is 6.18 Å². The SMILES string of the molecule is Cc1ccc(NC(=O)c2cnc(CNC(=O)c3cc(-c4ccncc4)ncn3)s2)cc1C(F)(F)F.